The van der Waals surface area contributed by atoms with Crippen LogP contribution in [-0.2, 0) is 0 Å². The van der Waals surface area contributed by atoms with Crippen molar-refractivity contribution < 1.29 is 14.6 Å². The van der Waals surface area contributed by atoms with E-state index < -0.39 is 0 Å². The topological polar surface area (TPSA) is 46.5 Å². The van der Waals surface area contributed by atoms with Crippen LogP contribution in [0.3, 0.4) is 0 Å². The molecule has 0 aliphatic rings. The second kappa shape index (κ2) is 3.05. The fourth-order valence-electron chi connectivity index (χ4n) is 0.757. The largest absolute Gasteiger partial charge is 0.504 e. The van der Waals surface area contributed by atoms with Crippen molar-refractivity contribution in [3.63, 3.8) is 0 Å². The molecule has 0 aliphatic heterocycles. The van der Waals surface area contributed by atoms with Gasteiger partial charge in [-0.1, -0.05) is 0 Å². The Hall–Kier alpha value is -1.51. The van der Waals surface area contributed by atoms with Crippen LogP contribution in [0.25, 0.3) is 0 Å². The van der Waals surface area contributed by atoms with Crippen molar-refractivity contribution in [2.24, 2.45) is 0 Å². The molecule has 0 radical (unpaired) electrons. The minimum atomic E-state index is 0.295. The maximum atomic E-state index is 10.3. The van der Waals surface area contributed by atoms with E-state index in [-0.39, 0.29) is 0 Å². The molecule has 11 heavy (non-hydrogen) atoms. The second-order valence-corrected chi connectivity index (χ2v) is 2.03. The summed E-state index contributed by atoms with van der Waals surface area (Å²) in [5.41, 5.74) is 0.493. The van der Waals surface area contributed by atoms with Crippen molar-refractivity contribution in [3.8, 4) is 11.5 Å². The van der Waals surface area contributed by atoms with Crippen LogP contribution in [0.15, 0.2) is 18.2 Å². The number of aromatic hydroxyl groups is 1. The van der Waals surface area contributed by atoms with Gasteiger partial charge in [0, 0.05) is 5.56 Å². The molecule has 0 fully saturated rings. The van der Waals surface area contributed by atoms with E-state index in [9.17, 15) is 4.79 Å². The van der Waals surface area contributed by atoms with Gasteiger partial charge in [-0.05, 0) is 18.2 Å². The minimum absolute atomic E-state index is 0.295. The van der Waals surface area contributed by atoms with E-state index in [1.165, 1.54) is 19.2 Å². The Bertz CT molecular complexity index is 286. The quantitative estimate of drug-likeness (QED) is 0.664. The minimum Gasteiger partial charge on any atom is -0.504 e. The molecule has 0 unspecified atom stereocenters. The molecule has 0 aromatic heterocycles. The molecular formula is C8H8O3. The fourth-order valence-corrected chi connectivity index (χ4v) is 0.757. The van der Waals surface area contributed by atoms with Crippen LogP contribution in [0.5, 0.6) is 11.5 Å². The number of phenolic OH excluding ortho intramolecular Hbond substituents is 1. The monoisotopic (exact) mass is 153 g/mol. The lowest BCUT2D eigenvalue weighted by Crippen LogP contribution is -1.85. The number of benzene rings is 1. The predicted octanol–water partition coefficient (Wildman–Crippen LogP) is 1.21. The van der Waals surface area contributed by atoms with Gasteiger partial charge in [0.25, 0.3) is 1.43 Å². The lowest BCUT2D eigenvalue weighted by molar-refractivity contribution is 0.112. The summed E-state index contributed by atoms with van der Waals surface area (Å²) in [6.07, 6.45) is 0.705. The third-order valence-corrected chi connectivity index (χ3v) is 1.32. The maximum absolute atomic E-state index is 10.3. The Morgan fingerprint density at radius 2 is 2.55 bits per heavy atom. The number of hydrogen-bond donors (Lipinski definition) is 1. The summed E-state index contributed by atoms with van der Waals surface area (Å²) in [7, 11) is 1.45. The average molecular weight is 153 g/mol. The second-order valence-electron chi connectivity index (χ2n) is 2.03. The zero-order valence-electron chi connectivity index (χ0n) is 7.03. The highest BCUT2D eigenvalue weighted by Crippen LogP contribution is 2.25. The first-order valence-corrected chi connectivity index (χ1v) is 3.08. The average Bonchev–Trinajstić information content (AvgIpc) is 2.16. The van der Waals surface area contributed by atoms with Gasteiger partial charge >= 0.3 is 0 Å². The smallest absolute Gasteiger partial charge is 0.293 e. The van der Waals surface area contributed by atoms with E-state index in [1.54, 1.807) is 6.07 Å². The number of methoxy groups -OCH3 is 1. The third kappa shape index (κ3) is 1.49. The van der Waals surface area contributed by atoms with E-state index in [0.29, 0.717) is 23.3 Å². The predicted molar refractivity (Wildman–Crippen MR) is 40.0 cm³/mol. The van der Waals surface area contributed by atoms with Gasteiger partial charge in [-0.15, -0.1) is 0 Å². The fraction of sp³-hybridized carbons (Fsp3) is 0.125. The summed E-state index contributed by atoms with van der Waals surface area (Å²) >= 11 is 0. The molecule has 0 aliphatic carbocycles. The normalized spacial score (nSPS) is 10.1. The molecule has 1 aromatic carbocycles. The molecule has 3 nitrogen and oxygen atoms in total. The van der Waals surface area contributed by atoms with Crippen LogP contribution in [0.2, 0.25) is 0 Å². The van der Waals surface area contributed by atoms with Crippen LogP contribution >= 0.6 is 0 Å². The molecule has 1 rings (SSSR count). The standard InChI is InChI=1S/C8H8O3/c1-11-8-4-6(5-9)2-3-7(8)10/h2-5,10H,1H3/i/hD. The van der Waals surface area contributed by atoms with Gasteiger partial charge in [0.2, 0.25) is 0 Å². The highest BCUT2D eigenvalue weighted by atomic mass is 16.5. The SMILES string of the molecule is [2H]Oc1ccc(C=O)cc1OC. The summed E-state index contributed by atoms with van der Waals surface area (Å²) in [5, 5.41) is 4.24. The van der Waals surface area contributed by atoms with Crippen molar-refractivity contribution in [1.82, 2.24) is 0 Å². The number of ether oxygens (including phenoxy) is 1. The van der Waals surface area contributed by atoms with Gasteiger partial charge in [-0.2, -0.15) is 0 Å². The van der Waals surface area contributed by atoms with E-state index in [4.69, 9.17) is 6.17 Å². The molecule has 3 heteroatoms. The Labute approximate surface area is 65.7 Å². The van der Waals surface area contributed by atoms with Gasteiger partial charge in [0.05, 0.1) is 7.11 Å². The molecule has 1 N–H and O–H groups in total. The van der Waals surface area contributed by atoms with Gasteiger partial charge < -0.3 is 9.85 Å². The first-order valence-electron chi connectivity index (χ1n) is 3.49. The number of carbonyl (C=O) groups is 1. The Kier molecular flexibility index (Phi) is 1.73. The Balaban J connectivity index is 3.10. The molecule has 58 valence electrons. The van der Waals surface area contributed by atoms with Crippen LogP contribution in [0.1, 0.15) is 10.4 Å². The van der Waals surface area contributed by atoms with Crippen molar-refractivity contribution in [2.45, 2.75) is 0 Å². The summed E-state index contributed by atoms with van der Waals surface area (Å²) in [6.45, 7) is 0. The lowest BCUT2D eigenvalue weighted by atomic mass is 10.2. The van der Waals surface area contributed by atoms with Crippen LogP contribution in [0, 0.1) is 0 Å². The van der Waals surface area contributed by atoms with E-state index >= 15 is 0 Å². The van der Waals surface area contributed by atoms with Crippen molar-refractivity contribution >= 4 is 6.29 Å². The van der Waals surface area contributed by atoms with Crippen molar-refractivity contribution in [3.05, 3.63) is 23.8 Å². The van der Waals surface area contributed by atoms with Gasteiger partial charge in [-0.3, -0.25) is 4.79 Å². The highest BCUT2D eigenvalue weighted by Gasteiger charge is 2.00. The summed E-state index contributed by atoms with van der Waals surface area (Å²) in [6, 6.07) is 4.58. The van der Waals surface area contributed by atoms with Crippen LogP contribution < -0.4 is 4.74 Å². The molecule has 1 aromatic rings. The van der Waals surface area contributed by atoms with E-state index in [1.807, 2.05) is 0 Å². The molecule has 0 saturated carbocycles. The lowest BCUT2D eigenvalue weighted by Gasteiger charge is -2.01. The number of hydrogen-bond acceptors (Lipinski definition) is 3. The Morgan fingerprint density at radius 1 is 1.73 bits per heavy atom. The third-order valence-electron chi connectivity index (χ3n) is 1.32. The number of phenols is 1. The molecule has 0 bridgehead atoms. The number of rotatable bonds is 3. The van der Waals surface area contributed by atoms with Crippen molar-refractivity contribution in [1.29, 1.82) is 1.43 Å². The first kappa shape index (κ1) is 6.22. The Morgan fingerprint density at radius 3 is 3.09 bits per heavy atom. The molecule has 0 spiro atoms. The molecule has 0 atom stereocenters. The number of aldehydes is 1. The maximum Gasteiger partial charge on any atom is 0.293 e. The summed E-state index contributed by atoms with van der Waals surface area (Å²) in [5.74, 6) is 0.678. The van der Waals surface area contributed by atoms with Crippen LogP contribution in [0.4, 0.5) is 0 Å². The van der Waals surface area contributed by atoms with Gasteiger partial charge in [0.15, 0.2) is 11.5 Å². The zero-order chi connectivity index (χ0) is 8.97. The molecule has 0 amide bonds. The number of carbonyl (C=O) groups excluding carboxylic acids is 1. The van der Waals surface area contributed by atoms with Crippen LogP contribution in [-0.4, -0.2) is 19.9 Å². The zero-order valence-corrected chi connectivity index (χ0v) is 6.03. The summed E-state index contributed by atoms with van der Waals surface area (Å²) < 4.78 is 11.5. The van der Waals surface area contributed by atoms with Gasteiger partial charge in [-0.25, -0.2) is 0 Å². The van der Waals surface area contributed by atoms with E-state index in [2.05, 4.69) is 5.11 Å². The van der Waals surface area contributed by atoms with E-state index in [0.717, 1.165) is 0 Å². The molecule has 0 saturated heterocycles. The van der Waals surface area contributed by atoms with Gasteiger partial charge in [0.1, 0.15) is 6.29 Å². The summed E-state index contributed by atoms with van der Waals surface area (Å²) in [4.78, 5) is 10.3. The highest BCUT2D eigenvalue weighted by molar-refractivity contribution is 5.76. The van der Waals surface area contributed by atoms with Crippen molar-refractivity contribution in [2.75, 3.05) is 7.11 Å². The molecule has 0 heterocycles. The molecular weight excluding hydrogens is 144 g/mol. The first-order chi connectivity index (χ1) is 5.81.